The van der Waals surface area contributed by atoms with E-state index in [2.05, 4.69) is 26.0 Å². The maximum atomic E-state index is 11.4. The van der Waals surface area contributed by atoms with Gasteiger partial charge in [-0.1, -0.05) is 0 Å². The molecule has 0 bridgehead atoms. The van der Waals surface area contributed by atoms with Crippen molar-refractivity contribution in [1.82, 2.24) is 0 Å². The Hall–Kier alpha value is -1.56. The lowest BCUT2D eigenvalue weighted by Crippen LogP contribution is -2.27. The van der Waals surface area contributed by atoms with Crippen LogP contribution in [0.5, 0.6) is 5.75 Å². The Morgan fingerprint density at radius 2 is 2.31 bits per heavy atom. The molecule has 5 nitrogen and oxygen atoms in total. The highest BCUT2D eigenvalue weighted by Gasteiger charge is 2.25. The Bertz CT molecular complexity index is 472. The van der Waals surface area contributed by atoms with Crippen molar-refractivity contribution < 1.29 is 19.1 Å². The largest absolute Gasteiger partial charge is 0.481 e. The predicted octanol–water partition coefficient (Wildman–Crippen LogP) is 1.57. The number of carbonyl (C=O) groups excluding carboxylic acids is 2. The van der Waals surface area contributed by atoms with Crippen molar-refractivity contribution in [1.29, 1.82) is 0 Å². The molecule has 16 heavy (non-hydrogen) atoms. The second kappa shape index (κ2) is 4.13. The molecule has 0 atom stereocenters. The number of ether oxygens (including phenoxy) is 2. The lowest BCUT2D eigenvalue weighted by atomic mass is 10.1. The van der Waals surface area contributed by atoms with Gasteiger partial charge in [-0.2, -0.15) is 0 Å². The predicted molar refractivity (Wildman–Crippen MR) is 59.6 cm³/mol. The van der Waals surface area contributed by atoms with Crippen molar-refractivity contribution in [3.63, 3.8) is 0 Å². The highest BCUT2D eigenvalue weighted by molar-refractivity contribution is 9.10. The summed E-state index contributed by atoms with van der Waals surface area (Å²) in [6.07, 6.45) is 0. The molecular formula is C10H8BrNO4. The van der Waals surface area contributed by atoms with Gasteiger partial charge in [0, 0.05) is 4.47 Å². The van der Waals surface area contributed by atoms with Crippen molar-refractivity contribution in [2.24, 2.45) is 0 Å². The summed E-state index contributed by atoms with van der Waals surface area (Å²) < 4.78 is 10.5. The zero-order chi connectivity index (χ0) is 11.7. The minimum absolute atomic E-state index is 0.104. The quantitative estimate of drug-likeness (QED) is 0.796. The third-order valence-corrected chi connectivity index (χ3v) is 2.79. The van der Waals surface area contributed by atoms with Gasteiger partial charge in [-0.25, -0.2) is 4.79 Å². The van der Waals surface area contributed by atoms with Gasteiger partial charge >= 0.3 is 5.97 Å². The van der Waals surface area contributed by atoms with Crippen LogP contribution in [0.15, 0.2) is 16.6 Å². The minimum Gasteiger partial charge on any atom is -0.481 e. The van der Waals surface area contributed by atoms with Crippen LogP contribution in [-0.4, -0.2) is 25.6 Å². The fourth-order valence-corrected chi connectivity index (χ4v) is 1.82. The second-order valence-corrected chi connectivity index (χ2v) is 3.98. The standard InChI is InChI=1S/C10H8BrNO4/c1-15-10(14)5-2-3-6(11)8-9(5)16-4-7(13)12-8/h2-3H,4H2,1H3,(H,12,13). The van der Waals surface area contributed by atoms with E-state index in [1.165, 1.54) is 7.11 Å². The van der Waals surface area contributed by atoms with Gasteiger partial charge in [-0.15, -0.1) is 0 Å². The van der Waals surface area contributed by atoms with Crippen molar-refractivity contribution in [3.05, 3.63) is 22.2 Å². The number of hydrogen-bond acceptors (Lipinski definition) is 4. The molecular weight excluding hydrogens is 278 g/mol. The minimum atomic E-state index is -0.500. The number of esters is 1. The fourth-order valence-electron chi connectivity index (χ4n) is 1.41. The summed E-state index contributed by atoms with van der Waals surface area (Å²) in [7, 11) is 1.29. The molecule has 1 aliphatic rings. The lowest BCUT2D eigenvalue weighted by molar-refractivity contribution is -0.118. The van der Waals surface area contributed by atoms with Gasteiger partial charge in [0.1, 0.15) is 5.56 Å². The van der Waals surface area contributed by atoms with Gasteiger partial charge in [0.05, 0.1) is 12.8 Å². The maximum absolute atomic E-state index is 11.4. The SMILES string of the molecule is COC(=O)c1ccc(Br)c2c1OCC(=O)N2. The van der Waals surface area contributed by atoms with Crippen LogP contribution in [0.25, 0.3) is 0 Å². The maximum Gasteiger partial charge on any atom is 0.341 e. The number of nitrogens with one attached hydrogen (secondary N) is 1. The molecule has 1 aliphatic heterocycles. The van der Waals surface area contributed by atoms with Crippen molar-refractivity contribution in [3.8, 4) is 5.75 Å². The van der Waals surface area contributed by atoms with Crippen molar-refractivity contribution >= 4 is 33.5 Å². The van der Waals surface area contributed by atoms with E-state index >= 15 is 0 Å². The molecule has 1 heterocycles. The van der Waals surface area contributed by atoms with Crippen LogP contribution in [0.2, 0.25) is 0 Å². The van der Waals surface area contributed by atoms with Crippen LogP contribution in [0.4, 0.5) is 5.69 Å². The third-order valence-electron chi connectivity index (χ3n) is 2.12. The summed E-state index contributed by atoms with van der Waals surface area (Å²) in [6, 6.07) is 3.23. The summed E-state index contributed by atoms with van der Waals surface area (Å²) in [5, 5.41) is 2.63. The zero-order valence-corrected chi connectivity index (χ0v) is 9.96. The smallest absolute Gasteiger partial charge is 0.341 e. The number of rotatable bonds is 1. The number of hydrogen-bond donors (Lipinski definition) is 1. The average Bonchev–Trinajstić information content (AvgIpc) is 2.29. The van der Waals surface area contributed by atoms with E-state index < -0.39 is 5.97 Å². The van der Waals surface area contributed by atoms with E-state index in [9.17, 15) is 9.59 Å². The van der Waals surface area contributed by atoms with Gasteiger partial charge in [0.2, 0.25) is 0 Å². The van der Waals surface area contributed by atoms with Crippen LogP contribution < -0.4 is 10.1 Å². The first-order valence-corrected chi connectivity index (χ1v) is 5.26. The molecule has 2 rings (SSSR count). The molecule has 0 saturated heterocycles. The molecule has 0 aromatic heterocycles. The van der Waals surface area contributed by atoms with Crippen LogP contribution >= 0.6 is 15.9 Å². The fraction of sp³-hybridized carbons (Fsp3) is 0.200. The molecule has 1 amide bonds. The number of carbonyl (C=O) groups is 2. The molecule has 0 unspecified atom stereocenters. The molecule has 84 valence electrons. The van der Waals surface area contributed by atoms with Gasteiger partial charge in [-0.3, -0.25) is 4.79 Å². The van der Waals surface area contributed by atoms with E-state index in [-0.39, 0.29) is 12.5 Å². The number of amides is 1. The Labute approximate surface area is 99.9 Å². The Balaban J connectivity index is 2.54. The summed E-state index contributed by atoms with van der Waals surface area (Å²) in [5.41, 5.74) is 0.750. The van der Waals surface area contributed by atoms with Crippen LogP contribution in [0.3, 0.4) is 0 Å². The second-order valence-electron chi connectivity index (χ2n) is 3.13. The molecule has 0 fully saturated rings. The van der Waals surface area contributed by atoms with E-state index in [1.807, 2.05) is 0 Å². The first kappa shape index (κ1) is 10.9. The van der Waals surface area contributed by atoms with Crippen molar-refractivity contribution in [2.75, 3.05) is 19.0 Å². The average molecular weight is 286 g/mol. The number of benzene rings is 1. The summed E-state index contributed by atoms with van der Waals surface area (Å²) in [4.78, 5) is 22.6. The molecule has 1 aromatic carbocycles. The Morgan fingerprint density at radius 3 is 3.00 bits per heavy atom. The highest BCUT2D eigenvalue weighted by Crippen LogP contribution is 2.38. The molecule has 1 N–H and O–H groups in total. The third kappa shape index (κ3) is 1.76. The summed E-state index contributed by atoms with van der Waals surface area (Å²) in [6.45, 7) is -0.104. The number of methoxy groups -OCH3 is 1. The monoisotopic (exact) mass is 285 g/mol. The molecule has 0 radical (unpaired) electrons. The molecule has 0 spiro atoms. The van der Waals surface area contributed by atoms with Crippen LogP contribution in [0.1, 0.15) is 10.4 Å². The molecule has 1 aromatic rings. The first-order valence-electron chi connectivity index (χ1n) is 4.47. The van der Waals surface area contributed by atoms with Crippen molar-refractivity contribution in [2.45, 2.75) is 0 Å². The summed E-state index contributed by atoms with van der Waals surface area (Å²) >= 11 is 3.27. The van der Waals surface area contributed by atoms with Gasteiger partial charge in [0.25, 0.3) is 5.91 Å². The van der Waals surface area contributed by atoms with Crippen LogP contribution in [-0.2, 0) is 9.53 Å². The number of anilines is 1. The van der Waals surface area contributed by atoms with Gasteiger partial charge in [0.15, 0.2) is 12.4 Å². The first-order chi connectivity index (χ1) is 7.63. The zero-order valence-electron chi connectivity index (χ0n) is 8.37. The normalized spacial score (nSPS) is 13.5. The molecule has 0 aliphatic carbocycles. The number of fused-ring (bicyclic) bond motifs is 1. The van der Waals surface area contributed by atoms with E-state index in [0.29, 0.717) is 21.5 Å². The Morgan fingerprint density at radius 1 is 1.56 bits per heavy atom. The van der Waals surface area contributed by atoms with E-state index in [4.69, 9.17) is 4.74 Å². The molecule has 0 saturated carbocycles. The van der Waals surface area contributed by atoms with Gasteiger partial charge < -0.3 is 14.8 Å². The highest BCUT2D eigenvalue weighted by atomic mass is 79.9. The Kier molecular flexibility index (Phi) is 2.82. The van der Waals surface area contributed by atoms with Gasteiger partial charge in [-0.05, 0) is 28.1 Å². The summed E-state index contributed by atoms with van der Waals surface area (Å²) in [5.74, 6) is -0.420. The molecule has 6 heteroatoms. The topological polar surface area (TPSA) is 64.6 Å². The van der Waals surface area contributed by atoms with E-state index in [0.717, 1.165) is 0 Å². The number of halogens is 1. The van der Waals surface area contributed by atoms with Crippen LogP contribution in [0, 0.1) is 0 Å². The van der Waals surface area contributed by atoms with E-state index in [1.54, 1.807) is 12.1 Å². The lowest BCUT2D eigenvalue weighted by Gasteiger charge is -2.20.